The van der Waals surface area contributed by atoms with Crippen LogP contribution in [0.1, 0.15) is 31.3 Å². The van der Waals surface area contributed by atoms with E-state index in [0.29, 0.717) is 5.92 Å². The lowest BCUT2D eigenvalue weighted by molar-refractivity contribution is 0.617. The number of aromatic nitrogens is 2. The first-order valence-corrected chi connectivity index (χ1v) is 4.34. The predicted molar refractivity (Wildman–Crippen MR) is 48.8 cm³/mol. The molecule has 0 radical (unpaired) electrons. The molecule has 0 saturated heterocycles. The summed E-state index contributed by atoms with van der Waals surface area (Å²) in [4.78, 5) is 8.57. The van der Waals surface area contributed by atoms with Crippen molar-refractivity contribution in [1.82, 2.24) is 9.55 Å². The van der Waals surface area contributed by atoms with Crippen molar-refractivity contribution in [2.75, 3.05) is 6.54 Å². The van der Waals surface area contributed by atoms with Crippen LogP contribution in [-0.2, 0) is 6.54 Å². The zero-order valence-electron chi connectivity index (χ0n) is 7.49. The fraction of sp³-hybridized carbons (Fsp3) is 0.556. The van der Waals surface area contributed by atoms with Crippen LogP contribution in [0.5, 0.6) is 0 Å². The molecule has 0 aliphatic carbocycles. The van der Waals surface area contributed by atoms with E-state index in [-0.39, 0.29) is 0 Å². The number of fused-ring (bicyclic) bond motifs is 1. The Balaban J connectivity index is 2.46. The second-order valence-corrected chi connectivity index (χ2v) is 3.38. The Morgan fingerprint density at radius 1 is 1.50 bits per heavy atom. The highest BCUT2D eigenvalue weighted by atomic mass is 15.1. The summed E-state index contributed by atoms with van der Waals surface area (Å²) in [5.74, 6) is 1.68. The standard InChI is InChI=1S/C9H13N3/c1-7(2)9-11-6-8-5-10-3-4-12(8)9/h5-7H,3-4H2,1-2H3. The van der Waals surface area contributed by atoms with E-state index in [1.165, 1.54) is 5.82 Å². The molecule has 3 nitrogen and oxygen atoms in total. The van der Waals surface area contributed by atoms with Crippen LogP contribution in [0.3, 0.4) is 0 Å². The van der Waals surface area contributed by atoms with Gasteiger partial charge in [-0.05, 0) is 0 Å². The van der Waals surface area contributed by atoms with Crippen LogP contribution in [0.15, 0.2) is 11.2 Å². The van der Waals surface area contributed by atoms with Crippen LogP contribution >= 0.6 is 0 Å². The molecule has 1 aliphatic heterocycles. The van der Waals surface area contributed by atoms with Crippen molar-refractivity contribution in [3.63, 3.8) is 0 Å². The average molecular weight is 163 g/mol. The Morgan fingerprint density at radius 3 is 3.08 bits per heavy atom. The normalized spacial score (nSPS) is 15.2. The summed E-state index contributed by atoms with van der Waals surface area (Å²) < 4.78 is 2.25. The van der Waals surface area contributed by atoms with Crippen molar-refractivity contribution in [3.05, 3.63) is 17.7 Å². The molecule has 1 aromatic rings. The van der Waals surface area contributed by atoms with Gasteiger partial charge >= 0.3 is 0 Å². The largest absolute Gasteiger partial charge is 0.325 e. The highest BCUT2D eigenvalue weighted by molar-refractivity contribution is 5.77. The predicted octanol–water partition coefficient (Wildman–Crippen LogP) is 1.44. The van der Waals surface area contributed by atoms with Gasteiger partial charge in [-0.1, -0.05) is 13.8 Å². The maximum absolute atomic E-state index is 4.37. The molecule has 0 saturated carbocycles. The fourth-order valence-electron chi connectivity index (χ4n) is 1.53. The van der Waals surface area contributed by atoms with Crippen molar-refractivity contribution in [2.45, 2.75) is 26.3 Å². The van der Waals surface area contributed by atoms with E-state index in [9.17, 15) is 0 Å². The molecule has 0 spiro atoms. The van der Waals surface area contributed by atoms with E-state index in [0.717, 1.165) is 18.8 Å². The summed E-state index contributed by atoms with van der Waals surface area (Å²) >= 11 is 0. The molecular weight excluding hydrogens is 150 g/mol. The maximum atomic E-state index is 4.37. The summed E-state index contributed by atoms with van der Waals surface area (Å²) in [5, 5.41) is 0. The number of hydrogen-bond donors (Lipinski definition) is 0. The second kappa shape index (κ2) is 2.73. The highest BCUT2D eigenvalue weighted by Crippen LogP contribution is 2.15. The molecular formula is C9H13N3. The topological polar surface area (TPSA) is 30.2 Å². The van der Waals surface area contributed by atoms with Gasteiger partial charge in [-0.15, -0.1) is 0 Å². The molecule has 0 aromatic carbocycles. The van der Waals surface area contributed by atoms with Crippen molar-refractivity contribution in [2.24, 2.45) is 4.99 Å². The van der Waals surface area contributed by atoms with Crippen LogP contribution in [0.2, 0.25) is 0 Å². The van der Waals surface area contributed by atoms with Gasteiger partial charge in [0.1, 0.15) is 5.82 Å². The molecule has 0 bridgehead atoms. The Labute approximate surface area is 72.1 Å². The third-order valence-electron chi connectivity index (χ3n) is 2.11. The molecule has 0 amide bonds. The highest BCUT2D eigenvalue weighted by Gasteiger charge is 2.12. The van der Waals surface area contributed by atoms with Crippen LogP contribution in [0.4, 0.5) is 0 Å². The average Bonchev–Trinajstić information content (AvgIpc) is 2.47. The van der Waals surface area contributed by atoms with E-state index in [2.05, 4.69) is 28.4 Å². The minimum absolute atomic E-state index is 0.505. The van der Waals surface area contributed by atoms with Gasteiger partial charge in [-0.3, -0.25) is 4.99 Å². The van der Waals surface area contributed by atoms with E-state index < -0.39 is 0 Å². The molecule has 12 heavy (non-hydrogen) atoms. The molecule has 2 heterocycles. The van der Waals surface area contributed by atoms with Gasteiger partial charge in [0.25, 0.3) is 0 Å². The monoisotopic (exact) mass is 163 g/mol. The summed E-state index contributed by atoms with van der Waals surface area (Å²) in [6.07, 6.45) is 3.81. The van der Waals surface area contributed by atoms with Crippen LogP contribution in [0, 0.1) is 0 Å². The molecule has 0 N–H and O–H groups in total. The Morgan fingerprint density at radius 2 is 2.33 bits per heavy atom. The van der Waals surface area contributed by atoms with Crippen molar-refractivity contribution in [3.8, 4) is 0 Å². The molecule has 2 rings (SSSR count). The minimum atomic E-state index is 0.505. The Hall–Kier alpha value is -1.12. The maximum Gasteiger partial charge on any atom is 0.111 e. The zero-order chi connectivity index (χ0) is 8.55. The van der Waals surface area contributed by atoms with Gasteiger partial charge in [0.2, 0.25) is 0 Å². The quantitative estimate of drug-likeness (QED) is 0.616. The van der Waals surface area contributed by atoms with Gasteiger partial charge in [0.05, 0.1) is 18.4 Å². The molecule has 64 valence electrons. The van der Waals surface area contributed by atoms with Gasteiger partial charge in [-0.25, -0.2) is 4.98 Å². The number of nitrogens with zero attached hydrogens (tertiary/aromatic N) is 3. The first-order valence-electron chi connectivity index (χ1n) is 4.34. The van der Waals surface area contributed by atoms with Crippen LogP contribution in [-0.4, -0.2) is 22.3 Å². The van der Waals surface area contributed by atoms with Crippen molar-refractivity contribution >= 4 is 6.21 Å². The molecule has 0 unspecified atom stereocenters. The van der Waals surface area contributed by atoms with E-state index >= 15 is 0 Å². The first-order chi connectivity index (χ1) is 5.79. The summed E-state index contributed by atoms with van der Waals surface area (Å²) in [5.41, 5.74) is 1.14. The van der Waals surface area contributed by atoms with Crippen LogP contribution < -0.4 is 0 Å². The van der Waals surface area contributed by atoms with E-state index in [4.69, 9.17) is 0 Å². The molecule has 0 fully saturated rings. The van der Waals surface area contributed by atoms with Crippen molar-refractivity contribution < 1.29 is 0 Å². The smallest absolute Gasteiger partial charge is 0.111 e. The lowest BCUT2D eigenvalue weighted by Gasteiger charge is -2.13. The number of aliphatic imine (C=N–C) groups is 1. The summed E-state index contributed by atoms with van der Waals surface area (Å²) in [7, 11) is 0. The third kappa shape index (κ3) is 1.05. The summed E-state index contributed by atoms with van der Waals surface area (Å²) in [6.45, 7) is 6.21. The zero-order valence-corrected chi connectivity index (χ0v) is 7.49. The SMILES string of the molecule is CC(C)c1ncc2n1CCN=C2. The third-order valence-corrected chi connectivity index (χ3v) is 2.11. The number of hydrogen-bond acceptors (Lipinski definition) is 2. The second-order valence-electron chi connectivity index (χ2n) is 3.38. The Bertz CT molecular complexity index is 310. The number of imidazole rings is 1. The molecule has 3 heteroatoms. The van der Waals surface area contributed by atoms with Gasteiger partial charge in [0, 0.05) is 18.7 Å². The van der Waals surface area contributed by atoms with E-state index in [1.54, 1.807) is 0 Å². The molecule has 0 atom stereocenters. The first kappa shape index (κ1) is 7.53. The lowest BCUT2D eigenvalue weighted by Crippen LogP contribution is -2.14. The van der Waals surface area contributed by atoms with Crippen LogP contribution in [0.25, 0.3) is 0 Å². The number of rotatable bonds is 1. The van der Waals surface area contributed by atoms with Gasteiger partial charge in [0.15, 0.2) is 0 Å². The molecule has 1 aromatic heterocycles. The molecule has 1 aliphatic rings. The summed E-state index contributed by atoms with van der Waals surface area (Å²) in [6, 6.07) is 0. The van der Waals surface area contributed by atoms with Crippen molar-refractivity contribution in [1.29, 1.82) is 0 Å². The Kier molecular flexibility index (Phi) is 1.71. The lowest BCUT2D eigenvalue weighted by atomic mass is 10.2. The van der Waals surface area contributed by atoms with E-state index in [1.807, 2.05) is 12.4 Å². The minimum Gasteiger partial charge on any atom is -0.325 e. The fourth-order valence-corrected chi connectivity index (χ4v) is 1.53. The van der Waals surface area contributed by atoms with Gasteiger partial charge in [-0.2, -0.15) is 0 Å². The van der Waals surface area contributed by atoms with Gasteiger partial charge < -0.3 is 4.57 Å².